The molecule has 0 aromatic heterocycles. The number of hydrogen-bond acceptors (Lipinski definition) is 2. The van der Waals surface area contributed by atoms with E-state index < -0.39 is 0 Å². The number of aryl methyl sites for hydroxylation is 1. The van der Waals surface area contributed by atoms with Crippen molar-refractivity contribution in [3.05, 3.63) is 41.5 Å². The summed E-state index contributed by atoms with van der Waals surface area (Å²) in [4.78, 5) is 11.1. The average molecular weight is 204 g/mol. The number of benzene rings is 1. The van der Waals surface area contributed by atoms with Crippen LogP contribution in [0.3, 0.4) is 0 Å². The summed E-state index contributed by atoms with van der Waals surface area (Å²) in [6.45, 7) is 4.06. The molecule has 1 aromatic carbocycles. The van der Waals surface area contributed by atoms with Gasteiger partial charge in [0.2, 0.25) is 0 Å². The summed E-state index contributed by atoms with van der Waals surface area (Å²) >= 11 is 0. The smallest absolute Gasteiger partial charge is 0.330 e. The number of hydrogen-bond donors (Lipinski definition) is 0. The van der Waals surface area contributed by atoms with Crippen molar-refractivity contribution in [2.45, 2.75) is 20.3 Å². The van der Waals surface area contributed by atoms with Crippen LogP contribution in [0.4, 0.5) is 0 Å². The molecule has 0 fully saturated rings. The van der Waals surface area contributed by atoms with Gasteiger partial charge in [-0.15, -0.1) is 0 Å². The van der Waals surface area contributed by atoms with Gasteiger partial charge in [0.05, 0.1) is 7.11 Å². The molecule has 1 rings (SSSR count). The molecule has 0 radical (unpaired) electrons. The van der Waals surface area contributed by atoms with Gasteiger partial charge >= 0.3 is 5.97 Å². The number of esters is 1. The van der Waals surface area contributed by atoms with E-state index >= 15 is 0 Å². The first kappa shape index (κ1) is 11.5. The van der Waals surface area contributed by atoms with Crippen LogP contribution in [-0.2, 0) is 9.53 Å². The van der Waals surface area contributed by atoms with Gasteiger partial charge in [-0.2, -0.15) is 0 Å². The first-order chi connectivity index (χ1) is 7.17. The van der Waals surface area contributed by atoms with Crippen molar-refractivity contribution in [2.75, 3.05) is 7.11 Å². The van der Waals surface area contributed by atoms with Gasteiger partial charge in [-0.05, 0) is 24.5 Å². The lowest BCUT2D eigenvalue weighted by Gasteiger charge is -2.04. The van der Waals surface area contributed by atoms with Gasteiger partial charge in [-0.1, -0.05) is 36.8 Å². The number of carbonyl (C=O) groups is 1. The molecule has 0 bridgehead atoms. The fourth-order valence-corrected chi connectivity index (χ4v) is 1.36. The maximum Gasteiger partial charge on any atom is 0.330 e. The second kappa shape index (κ2) is 5.35. The standard InChI is InChI=1S/C13H16O2/c1-4-11(9-13(14)15-3)12-7-5-10(2)6-8-12/h5-9H,4H2,1-3H3/b11-9+. The molecule has 0 amide bonds. The summed E-state index contributed by atoms with van der Waals surface area (Å²) in [6.07, 6.45) is 2.36. The molecule has 0 spiro atoms. The highest BCUT2D eigenvalue weighted by atomic mass is 16.5. The van der Waals surface area contributed by atoms with Crippen molar-refractivity contribution >= 4 is 11.5 Å². The molecule has 0 aliphatic carbocycles. The topological polar surface area (TPSA) is 26.3 Å². The molecule has 80 valence electrons. The molecule has 0 saturated carbocycles. The summed E-state index contributed by atoms with van der Waals surface area (Å²) in [6, 6.07) is 8.12. The normalized spacial score (nSPS) is 11.3. The van der Waals surface area contributed by atoms with Gasteiger partial charge in [-0.25, -0.2) is 4.79 Å². The third-order valence-corrected chi connectivity index (χ3v) is 2.30. The van der Waals surface area contributed by atoms with E-state index in [2.05, 4.69) is 4.74 Å². The van der Waals surface area contributed by atoms with Crippen LogP contribution in [0.1, 0.15) is 24.5 Å². The molecule has 0 saturated heterocycles. The largest absolute Gasteiger partial charge is 0.466 e. The van der Waals surface area contributed by atoms with Crippen molar-refractivity contribution < 1.29 is 9.53 Å². The second-order valence-corrected chi connectivity index (χ2v) is 3.41. The number of methoxy groups -OCH3 is 1. The fourth-order valence-electron chi connectivity index (χ4n) is 1.36. The van der Waals surface area contributed by atoms with E-state index in [1.807, 2.05) is 38.1 Å². The second-order valence-electron chi connectivity index (χ2n) is 3.41. The van der Waals surface area contributed by atoms with Crippen LogP contribution < -0.4 is 0 Å². The first-order valence-corrected chi connectivity index (χ1v) is 5.03. The molecule has 0 aliphatic rings. The van der Waals surface area contributed by atoms with Gasteiger partial charge < -0.3 is 4.74 Å². The zero-order valence-corrected chi connectivity index (χ0v) is 9.41. The molecule has 2 nitrogen and oxygen atoms in total. The van der Waals surface area contributed by atoms with Crippen molar-refractivity contribution in [2.24, 2.45) is 0 Å². The van der Waals surface area contributed by atoms with Gasteiger partial charge in [0.1, 0.15) is 0 Å². The Morgan fingerprint density at radius 1 is 1.33 bits per heavy atom. The quantitative estimate of drug-likeness (QED) is 0.559. The number of allylic oxidation sites excluding steroid dienone is 1. The van der Waals surface area contributed by atoms with Gasteiger partial charge in [-0.3, -0.25) is 0 Å². The number of carbonyl (C=O) groups excluding carboxylic acids is 1. The molecule has 0 unspecified atom stereocenters. The summed E-state index contributed by atoms with van der Waals surface area (Å²) in [7, 11) is 1.39. The van der Waals surface area contributed by atoms with E-state index in [0.717, 1.165) is 17.6 Å². The lowest BCUT2D eigenvalue weighted by Crippen LogP contribution is -1.96. The Morgan fingerprint density at radius 3 is 2.40 bits per heavy atom. The van der Waals surface area contributed by atoms with Gasteiger partial charge in [0, 0.05) is 6.08 Å². The minimum atomic E-state index is -0.299. The summed E-state index contributed by atoms with van der Waals surface area (Å²) in [5.74, 6) is -0.299. The van der Waals surface area contributed by atoms with E-state index in [1.54, 1.807) is 6.08 Å². The Bertz CT molecular complexity index is 361. The first-order valence-electron chi connectivity index (χ1n) is 5.03. The number of rotatable bonds is 3. The predicted molar refractivity (Wildman–Crippen MR) is 61.5 cm³/mol. The van der Waals surface area contributed by atoms with E-state index in [1.165, 1.54) is 12.7 Å². The molecule has 0 heterocycles. The maximum atomic E-state index is 11.1. The molecule has 0 atom stereocenters. The van der Waals surface area contributed by atoms with Crippen LogP contribution >= 0.6 is 0 Å². The van der Waals surface area contributed by atoms with E-state index in [-0.39, 0.29) is 5.97 Å². The maximum absolute atomic E-state index is 11.1. The van der Waals surface area contributed by atoms with Gasteiger partial charge in [0.25, 0.3) is 0 Å². The fraction of sp³-hybridized carbons (Fsp3) is 0.308. The summed E-state index contributed by atoms with van der Waals surface area (Å²) in [5, 5.41) is 0. The molecule has 0 aliphatic heterocycles. The predicted octanol–water partition coefficient (Wildman–Crippen LogP) is 2.96. The molecule has 2 heteroatoms. The Morgan fingerprint density at radius 2 is 1.93 bits per heavy atom. The van der Waals surface area contributed by atoms with E-state index in [0.29, 0.717) is 0 Å². The highest BCUT2D eigenvalue weighted by Gasteiger charge is 2.02. The van der Waals surface area contributed by atoms with Crippen molar-refractivity contribution in [1.82, 2.24) is 0 Å². The zero-order valence-electron chi connectivity index (χ0n) is 9.41. The van der Waals surface area contributed by atoms with Crippen LogP contribution in [0.5, 0.6) is 0 Å². The lowest BCUT2D eigenvalue weighted by molar-refractivity contribution is -0.134. The highest BCUT2D eigenvalue weighted by molar-refractivity contribution is 5.91. The Labute approximate surface area is 90.6 Å². The van der Waals surface area contributed by atoms with Crippen molar-refractivity contribution in [1.29, 1.82) is 0 Å². The molecular formula is C13H16O2. The minimum absolute atomic E-state index is 0.299. The number of ether oxygens (including phenoxy) is 1. The zero-order chi connectivity index (χ0) is 11.3. The lowest BCUT2D eigenvalue weighted by atomic mass is 10.0. The Hall–Kier alpha value is -1.57. The van der Waals surface area contributed by atoms with E-state index in [9.17, 15) is 4.79 Å². The van der Waals surface area contributed by atoms with Crippen molar-refractivity contribution in [3.63, 3.8) is 0 Å². The molecule has 15 heavy (non-hydrogen) atoms. The van der Waals surface area contributed by atoms with Crippen LogP contribution in [-0.4, -0.2) is 13.1 Å². The minimum Gasteiger partial charge on any atom is -0.466 e. The van der Waals surface area contributed by atoms with Crippen LogP contribution in [0.2, 0.25) is 0 Å². The van der Waals surface area contributed by atoms with Gasteiger partial charge in [0.15, 0.2) is 0 Å². The summed E-state index contributed by atoms with van der Waals surface area (Å²) in [5.41, 5.74) is 3.29. The van der Waals surface area contributed by atoms with Crippen LogP contribution in [0, 0.1) is 6.92 Å². The third-order valence-electron chi connectivity index (χ3n) is 2.30. The average Bonchev–Trinajstić information content (AvgIpc) is 2.27. The summed E-state index contributed by atoms with van der Waals surface area (Å²) < 4.78 is 4.61. The highest BCUT2D eigenvalue weighted by Crippen LogP contribution is 2.18. The van der Waals surface area contributed by atoms with Crippen LogP contribution in [0.15, 0.2) is 30.3 Å². The van der Waals surface area contributed by atoms with Crippen LogP contribution in [0.25, 0.3) is 5.57 Å². The van der Waals surface area contributed by atoms with Crippen molar-refractivity contribution in [3.8, 4) is 0 Å². The monoisotopic (exact) mass is 204 g/mol. The molecular weight excluding hydrogens is 188 g/mol. The molecule has 0 N–H and O–H groups in total. The Kier molecular flexibility index (Phi) is 4.10. The Balaban J connectivity index is 2.97. The van der Waals surface area contributed by atoms with E-state index in [4.69, 9.17) is 0 Å². The SMILES string of the molecule is CC/C(=C\C(=O)OC)c1ccc(C)cc1. The molecule has 1 aromatic rings. The third kappa shape index (κ3) is 3.24.